The Bertz CT molecular complexity index is 360. The smallest absolute Gasteiger partial charge is 0.310 e. The van der Waals surface area contributed by atoms with Gasteiger partial charge < -0.3 is 9.47 Å². The first kappa shape index (κ1) is 13.6. The summed E-state index contributed by atoms with van der Waals surface area (Å²) < 4.78 is 10.6. The van der Waals surface area contributed by atoms with E-state index in [1.54, 1.807) is 0 Å². The van der Waals surface area contributed by atoms with Gasteiger partial charge in [0.25, 0.3) is 0 Å². The Labute approximate surface area is 103 Å². The first-order valence-electron chi connectivity index (χ1n) is 5.84. The summed E-state index contributed by atoms with van der Waals surface area (Å²) >= 11 is 0. The minimum Gasteiger partial charge on any atom is -0.494 e. The van der Waals surface area contributed by atoms with Crippen LogP contribution in [-0.4, -0.2) is 18.2 Å². The van der Waals surface area contributed by atoms with Crippen LogP contribution in [0.1, 0.15) is 33.3 Å². The van der Waals surface area contributed by atoms with Crippen LogP contribution in [0.5, 0.6) is 5.75 Å². The Balaban J connectivity index is 2.54. The molecule has 0 fully saturated rings. The molecule has 0 bridgehead atoms. The number of hydrogen-bond acceptors (Lipinski definition) is 3. The molecule has 94 valence electrons. The zero-order valence-corrected chi connectivity index (χ0v) is 10.9. The Morgan fingerprint density at radius 1 is 1.18 bits per heavy atom. The maximum Gasteiger partial charge on any atom is 0.310 e. The normalized spacial score (nSPS) is 11.1. The van der Waals surface area contributed by atoms with Crippen LogP contribution >= 0.6 is 0 Å². The maximum absolute atomic E-state index is 11.6. The summed E-state index contributed by atoms with van der Waals surface area (Å²) in [6.07, 6.45) is 0.295. The highest BCUT2D eigenvalue weighted by Crippen LogP contribution is 2.14. The number of hydrogen-bond donors (Lipinski definition) is 0. The van der Waals surface area contributed by atoms with Gasteiger partial charge in [-0.3, -0.25) is 4.79 Å². The van der Waals surface area contributed by atoms with Crippen LogP contribution in [0.4, 0.5) is 0 Å². The van der Waals surface area contributed by atoms with Gasteiger partial charge in [0.2, 0.25) is 0 Å². The Morgan fingerprint density at radius 3 is 2.24 bits per heavy atom. The molecule has 0 radical (unpaired) electrons. The minimum atomic E-state index is -0.428. The van der Waals surface area contributed by atoms with Crippen molar-refractivity contribution >= 4 is 5.97 Å². The summed E-state index contributed by atoms with van der Waals surface area (Å²) in [4.78, 5) is 11.6. The van der Waals surface area contributed by atoms with Crippen molar-refractivity contribution in [2.75, 3.05) is 6.61 Å². The molecule has 0 aliphatic rings. The molecule has 0 aromatic heterocycles. The van der Waals surface area contributed by atoms with Crippen molar-refractivity contribution in [3.8, 4) is 5.75 Å². The second-order valence-electron chi connectivity index (χ2n) is 4.84. The average Bonchev–Trinajstić information content (AvgIpc) is 2.18. The lowest BCUT2D eigenvalue weighted by Gasteiger charge is -2.19. The van der Waals surface area contributed by atoms with Gasteiger partial charge in [0, 0.05) is 0 Å². The van der Waals surface area contributed by atoms with Crippen molar-refractivity contribution in [2.24, 2.45) is 0 Å². The van der Waals surface area contributed by atoms with Crippen molar-refractivity contribution in [1.82, 2.24) is 0 Å². The van der Waals surface area contributed by atoms with Crippen LogP contribution in [0, 0.1) is 0 Å². The van der Waals surface area contributed by atoms with Gasteiger partial charge in [-0.1, -0.05) is 12.1 Å². The second kappa shape index (κ2) is 5.71. The third-order valence-corrected chi connectivity index (χ3v) is 2.00. The lowest BCUT2D eigenvalue weighted by Crippen LogP contribution is -2.24. The number of ether oxygens (including phenoxy) is 2. The van der Waals surface area contributed by atoms with Gasteiger partial charge in [0.1, 0.15) is 11.4 Å². The van der Waals surface area contributed by atoms with E-state index in [1.165, 1.54) is 0 Å². The zero-order valence-electron chi connectivity index (χ0n) is 10.9. The van der Waals surface area contributed by atoms with E-state index in [0.717, 1.165) is 11.3 Å². The second-order valence-corrected chi connectivity index (χ2v) is 4.84. The molecule has 0 amide bonds. The predicted octanol–water partition coefficient (Wildman–Crippen LogP) is 2.97. The first-order chi connectivity index (χ1) is 7.90. The molecule has 0 heterocycles. The highest BCUT2D eigenvalue weighted by atomic mass is 16.6. The third-order valence-electron chi connectivity index (χ3n) is 2.00. The quantitative estimate of drug-likeness (QED) is 0.754. The highest BCUT2D eigenvalue weighted by molar-refractivity contribution is 5.73. The molecule has 3 heteroatoms. The number of carbonyl (C=O) groups excluding carboxylic acids is 1. The van der Waals surface area contributed by atoms with Gasteiger partial charge in [-0.2, -0.15) is 0 Å². The van der Waals surface area contributed by atoms with Gasteiger partial charge in [0.15, 0.2) is 0 Å². The van der Waals surface area contributed by atoms with E-state index < -0.39 is 5.60 Å². The SMILES string of the molecule is CCOc1ccc(CC(=O)OC(C)(C)C)cc1. The Morgan fingerprint density at radius 2 is 1.76 bits per heavy atom. The fourth-order valence-electron chi connectivity index (χ4n) is 1.41. The number of rotatable bonds is 4. The fourth-order valence-corrected chi connectivity index (χ4v) is 1.41. The standard InChI is InChI=1S/C14H20O3/c1-5-16-12-8-6-11(7-9-12)10-13(15)17-14(2,3)4/h6-9H,5,10H2,1-4H3. The van der Waals surface area contributed by atoms with Crippen LogP contribution < -0.4 is 4.74 Å². The summed E-state index contributed by atoms with van der Waals surface area (Å²) in [5.41, 5.74) is 0.505. The molecule has 0 unspecified atom stereocenters. The van der Waals surface area contributed by atoms with Crippen molar-refractivity contribution in [3.63, 3.8) is 0 Å². The molecule has 0 saturated carbocycles. The van der Waals surface area contributed by atoms with E-state index in [1.807, 2.05) is 52.0 Å². The summed E-state index contributed by atoms with van der Waals surface area (Å²) in [6.45, 7) is 8.18. The van der Waals surface area contributed by atoms with Crippen LogP contribution in [0.3, 0.4) is 0 Å². The Hall–Kier alpha value is -1.51. The summed E-state index contributed by atoms with van der Waals surface area (Å²) in [5.74, 6) is 0.613. The van der Waals surface area contributed by atoms with Crippen LogP contribution in [0.2, 0.25) is 0 Å². The lowest BCUT2D eigenvalue weighted by atomic mass is 10.1. The van der Waals surface area contributed by atoms with Crippen LogP contribution in [0.25, 0.3) is 0 Å². The summed E-state index contributed by atoms with van der Waals surface area (Å²) in [5, 5.41) is 0. The molecular weight excluding hydrogens is 216 g/mol. The van der Waals surface area contributed by atoms with E-state index in [9.17, 15) is 4.79 Å². The minimum absolute atomic E-state index is 0.207. The molecule has 0 spiro atoms. The molecule has 1 aromatic rings. The van der Waals surface area contributed by atoms with E-state index in [0.29, 0.717) is 13.0 Å². The van der Waals surface area contributed by atoms with Gasteiger partial charge in [0.05, 0.1) is 13.0 Å². The molecule has 0 atom stereocenters. The van der Waals surface area contributed by atoms with Crippen molar-refractivity contribution < 1.29 is 14.3 Å². The summed E-state index contributed by atoms with van der Waals surface area (Å²) in [7, 11) is 0. The number of carbonyl (C=O) groups is 1. The van der Waals surface area contributed by atoms with E-state index >= 15 is 0 Å². The predicted molar refractivity (Wildman–Crippen MR) is 67.2 cm³/mol. The van der Waals surface area contributed by atoms with Gasteiger partial charge in [-0.25, -0.2) is 0 Å². The van der Waals surface area contributed by atoms with Crippen LogP contribution in [0.15, 0.2) is 24.3 Å². The van der Waals surface area contributed by atoms with E-state index in [2.05, 4.69) is 0 Å². The molecule has 0 saturated heterocycles. The lowest BCUT2D eigenvalue weighted by molar-refractivity contribution is -0.153. The summed E-state index contributed by atoms with van der Waals surface area (Å²) in [6, 6.07) is 7.50. The monoisotopic (exact) mass is 236 g/mol. The Kier molecular flexibility index (Phi) is 4.55. The first-order valence-corrected chi connectivity index (χ1v) is 5.84. The van der Waals surface area contributed by atoms with Gasteiger partial charge >= 0.3 is 5.97 Å². The molecule has 0 aliphatic heterocycles. The van der Waals surface area contributed by atoms with E-state index in [4.69, 9.17) is 9.47 Å². The van der Waals surface area contributed by atoms with Crippen molar-refractivity contribution in [3.05, 3.63) is 29.8 Å². The van der Waals surface area contributed by atoms with E-state index in [-0.39, 0.29) is 5.97 Å². The third kappa shape index (κ3) is 5.38. The van der Waals surface area contributed by atoms with Gasteiger partial charge in [-0.15, -0.1) is 0 Å². The molecular formula is C14H20O3. The topological polar surface area (TPSA) is 35.5 Å². The number of benzene rings is 1. The molecule has 3 nitrogen and oxygen atoms in total. The maximum atomic E-state index is 11.6. The fraction of sp³-hybridized carbons (Fsp3) is 0.500. The molecule has 17 heavy (non-hydrogen) atoms. The number of esters is 1. The molecule has 1 rings (SSSR count). The molecule has 0 aliphatic carbocycles. The van der Waals surface area contributed by atoms with Gasteiger partial charge in [-0.05, 0) is 45.4 Å². The highest BCUT2D eigenvalue weighted by Gasteiger charge is 2.16. The largest absolute Gasteiger partial charge is 0.494 e. The van der Waals surface area contributed by atoms with Crippen molar-refractivity contribution in [2.45, 2.75) is 39.7 Å². The average molecular weight is 236 g/mol. The molecule has 1 aromatic carbocycles. The zero-order chi connectivity index (χ0) is 12.9. The molecule has 0 N–H and O–H groups in total. The van der Waals surface area contributed by atoms with Crippen molar-refractivity contribution in [1.29, 1.82) is 0 Å². The van der Waals surface area contributed by atoms with Crippen LogP contribution in [-0.2, 0) is 16.0 Å².